The average molecular weight is 248 g/mol. The highest BCUT2D eigenvalue weighted by molar-refractivity contribution is 5.54. The summed E-state index contributed by atoms with van der Waals surface area (Å²) in [5, 5.41) is 9.28. The quantitative estimate of drug-likeness (QED) is 0.770. The number of anilines is 1. The van der Waals surface area contributed by atoms with Crippen LogP contribution in [-0.4, -0.2) is 7.05 Å². The zero-order valence-corrected chi connectivity index (χ0v) is 11.0. The molecule has 0 amide bonds. The Bertz CT molecular complexity index is 580. The molecule has 0 bridgehead atoms. The van der Waals surface area contributed by atoms with Crippen LogP contribution in [0.3, 0.4) is 0 Å². The van der Waals surface area contributed by atoms with Crippen LogP contribution in [0.2, 0.25) is 0 Å². The van der Waals surface area contributed by atoms with E-state index in [0.717, 1.165) is 12.1 Å². The summed E-state index contributed by atoms with van der Waals surface area (Å²) in [4.78, 5) is 1.91. The molecule has 2 nitrogen and oxygen atoms in total. The minimum absolute atomic E-state index is 0.662. The summed E-state index contributed by atoms with van der Waals surface area (Å²) in [6, 6.07) is 22.3. The Balaban J connectivity index is 2.14. The van der Waals surface area contributed by atoms with E-state index < -0.39 is 0 Å². The summed E-state index contributed by atoms with van der Waals surface area (Å²) in [6.45, 7) is 0. The van der Waals surface area contributed by atoms with Gasteiger partial charge in [-0.05, 0) is 30.2 Å². The van der Waals surface area contributed by atoms with Gasteiger partial charge in [-0.1, -0.05) is 48.5 Å². The SMILES string of the molecule is CN(/C(C#N)=C\Cc1ccccc1)c1ccccc1. The van der Waals surface area contributed by atoms with Crippen molar-refractivity contribution in [3.63, 3.8) is 0 Å². The van der Waals surface area contributed by atoms with Crippen molar-refractivity contribution < 1.29 is 0 Å². The standard InChI is InChI=1S/C17H16N2/c1-19(16-10-6-3-7-11-16)17(14-18)13-12-15-8-4-2-5-9-15/h2-11,13H,12H2,1H3/b17-13-. The van der Waals surface area contributed by atoms with Gasteiger partial charge in [0.2, 0.25) is 0 Å². The minimum Gasteiger partial charge on any atom is -0.336 e. The van der Waals surface area contributed by atoms with Gasteiger partial charge in [-0.2, -0.15) is 5.26 Å². The Labute approximate surface area is 114 Å². The van der Waals surface area contributed by atoms with E-state index in [4.69, 9.17) is 0 Å². The lowest BCUT2D eigenvalue weighted by molar-refractivity contribution is 1.11. The molecule has 2 aromatic carbocycles. The second-order valence-electron chi connectivity index (χ2n) is 4.29. The van der Waals surface area contributed by atoms with Gasteiger partial charge in [-0.15, -0.1) is 0 Å². The molecule has 0 heterocycles. The van der Waals surface area contributed by atoms with E-state index >= 15 is 0 Å². The molecule has 0 saturated heterocycles. The topological polar surface area (TPSA) is 27.0 Å². The number of nitriles is 1. The maximum Gasteiger partial charge on any atom is 0.117 e. The van der Waals surface area contributed by atoms with Crippen LogP contribution in [0, 0.1) is 11.3 Å². The number of para-hydroxylation sites is 1. The van der Waals surface area contributed by atoms with Gasteiger partial charge < -0.3 is 4.90 Å². The fourth-order valence-corrected chi connectivity index (χ4v) is 1.88. The number of nitrogens with zero attached hydrogens (tertiary/aromatic N) is 2. The van der Waals surface area contributed by atoms with Crippen molar-refractivity contribution in [2.75, 3.05) is 11.9 Å². The first-order valence-corrected chi connectivity index (χ1v) is 6.24. The average Bonchev–Trinajstić information content (AvgIpc) is 2.49. The van der Waals surface area contributed by atoms with E-state index in [1.54, 1.807) is 0 Å². The lowest BCUT2D eigenvalue weighted by Gasteiger charge is -2.17. The van der Waals surface area contributed by atoms with Crippen LogP contribution in [0.25, 0.3) is 0 Å². The highest BCUT2D eigenvalue weighted by Crippen LogP contribution is 2.16. The van der Waals surface area contributed by atoms with Crippen molar-refractivity contribution in [1.82, 2.24) is 0 Å². The highest BCUT2D eigenvalue weighted by atomic mass is 15.1. The third-order valence-corrected chi connectivity index (χ3v) is 2.99. The van der Waals surface area contributed by atoms with E-state index in [9.17, 15) is 5.26 Å². The molecule has 0 fully saturated rings. The van der Waals surface area contributed by atoms with E-state index in [1.807, 2.05) is 66.6 Å². The molecule has 0 radical (unpaired) electrons. The minimum atomic E-state index is 0.662. The molecule has 0 aromatic heterocycles. The molecule has 0 aliphatic carbocycles. The summed E-state index contributed by atoms with van der Waals surface area (Å²) < 4.78 is 0. The Morgan fingerprint density at radius 1 is 1.05 bits per heavy atom. The van der Waals surface area contributed by atoms with Gasteiger partial charge in [0.1, 0.15) is 11.8 Å². The summed E-state index contributed by atoms with van der Waals surface area (Å²) in [7, 11) is 1.91. The van der Waals surface area contributed by atoms with Gasteiger partial charge in [0.25, 0.3) is 0 Å². The van der Waals surface area contributed by atoms with E-state index in [1.165, 1.54) is 5.56 Å². The summed E-state index contributed by atoms with van der Waals surface area (Å²) in [6.07, 6.45) is 2.73. The first-order chi connectivity index (χ1) is 9.31. The van der Waals surface area contributed by atoms with Crippen LogP contribution >= 0.6 is 0 Å². The van der Waals surface area contributed by atoms with Crippen molar-refractivity contribution in [2.24, 2.45) is 0 Å². The smallest absolute Gasteiger partial charge is 0.117 e. The predicted octanol–water partition coefficient (Wildman–Crippen LogP) is 3.77. The van der Waals surface area contributed by atoms with Crippen molar-refractivity contribution in [2.45, 2.75) is 6.42 Å². The number of allylic oxidation sites excluding steroid dienone is 2. The van der Waals surface area contributed by atoms with Gasteiger partial charge in [0, 0.05) is 12.7 Å². The fraction of sp³-hybridized carbons (Fsp3) is 0.118. The zero-order chi connectivity index (χ0) is 13.5. The summed E-state index contributed by atoms with van der Waals surface area (Å²) in [5.41, 5.74) is 2.88. The molecule has 0 aliphatic rings. The Morgan fingerprint density at radius 2 is 1.63 bits per heavy atom. The van der Waals surface area contributed by atoms with E-state index in [-0.39, 0.29) is 0 Å². The first-order valence-electron chi connectivity index (χ1n) is 6.24. The van der Waals surface area contributed by atoms with E-state index in [0.29, 0.717) is 5.70 Å². The van der Waals surface area contributed by atoms with Gasteiger partial charge in [0.15, 0.2) is 0 Å². The second kappa shape index (κ2) is 6.42. The van der Waals surface area contributed by atoms with Crippen molar-refractivity contribution in [3.8, 4) is 6.07 Å². The van der Waals surface area contributed by atoms with Crippen LogP contribution in [0.1, 0.15) is 5.56 Å². The molecule has 0 aliphatic heterocycles. The highest BCUT2D eigenvalue weighted by Gasteiger charge is 2.05. The van der Waals surface area contributed by atoms with Crippen LogP contribution in [0.4, 0.5) is 5.69 Å². The fourth-order valence-electron chi connectivity index (χ4n) is 1.88. The monoisotopic (exact) mass is 248 g/mol. The van der Waals surface area contributed by atoms with E-state index in [2.05, 4.69) is 18.2 Å². The third kappa shape index (κ3) is 3.46. The molecular weight excluding hydrogens is 232 g/mol. The number of benzene rings is 2. The maximum atomic E-state index is 9.28. The summed E-state index contributed by atoms with van der Waals surface area (Å²) >= 11 is 0. The molecule has 2 aromatic rings. The molecular formula is C17H16N2. The van der Waals surface area contributed by atoms with Gasteiger partial charge in [0.05, 0.1) is 0 Å². The lowest BCUT2D eigenvalue weighted by Crippen LogP contribution is -2.15. The second-order valence-corrected chi connectivity index (χ2v) is 4.29. The zero-order valence-electron chi connectivity index (χ0n) is 11.0. The molecule has 0 unspecified atom stereocenters. The van der Waals surface area contributed by atoms with Crippen LogP contribution in [0.15, 0.2) is 72.4 Å². The molecule has 0 N–H and O–H groups in total. The molecule has 0 spiro atoms. The molecule has 0 atom stereocenters. The van der Waals surface area contributed by atoms with Gasteiger partial charge in [-0.3, -0.25) is 0 Å². The van der Waals surface area contributed by atoms with Gasteiger partial charge in [-0.25, -0.2) is 0 Å². The van der Waals surface area contributed by atoms with Crippen LogP contribution < -0.4 is 4.90 Å². The normalized spacial score (nSPS) is 10.8. The maximum absolute atomic E-state index is 9.28. The Morgan fingerprint density at radius 3 is 2.21 bits per heavy atom. The molecule has 19 heavy (non-hydrogen) atoms. The molecule has 2 heteroatoms. The van der Waals surface area contributed by atoms with Crippen LogP contribution in [0.5, 0.6) is 0 Å². The Kier molecular flexibility index (Phi) is 4.36. The molecule has 94 valence electrons. The number of hydrogen-bond acceptors (Lipinski definition) is 2. The van der Waals surface area contributed by atoms with Crippen LogP contribution in [-0.2, 0) is 6.42 Å². The number of hydrogen-bond donors (Lipinski definition) is 0. The Hall–Kier alpha value is -2.53. The molecule has 2 rings (SSSR count). The molecule has 0 saturated carbocycles. The van der Waals surface area contributed by atoms with Gasteiger partial charge >= 0.3 is 0 Å². The lowest BCUT2D eigenvalue weighted by atomic mass is 10.1. The van der Waals surface area contributed by atoms with Crippen molar-refractivity contribution >= 4 is 5.69 Å². The van der Waals surface area contributed by atoms with Crippen molar-refractivity contribution in [3.05, 3.63) is 78.0 Å². The third-order valence-electron chi connectivity index (χ3n) is 2.99. The summed E-state index contributed by atoms with van der Waals surface area (Å²) in [5.74, 6) is 0. The predicted molar refractivity (Wildman–Crippen MR) is 78.7 cm³/mol. The van der Waals surface area contributed by atoms with Crippen molar-refractivity contribution in [1.29, 1.82) is 5.26 Å². The largest absolute Gasteiger partial charge is 0.336 e. The first kappa shape index (κ1) is 12.9. The number of rotatable bonds is 4.